The van der Waals surface area contributed by atoms with Crippen molar-refractivity contribution in [3.05, 3.63) is 11.3 Å². The van der Waals surface area contributed by atoms with Crippen LogP contribution in [0.5, 0.6) is 0 Å². The molecule has 118 valence electrons. The molecule has 0 spiro atoms. The molecule has 0 saturated carbocycles. The van der Waals surface area contributed by atoms with E-state index in [1.807, 2.05) is 6.92 Å². The Labute approximate surface area is 125 Å². The molecule has 0 atom stereocenters. The molecule has 1 aromatic heterocycles. The van der Waals surface area contributed by atoms with Crippen molar-refractivity contribution >= 4 is 11.8 Å². The summed E-state index contributed by atoms with van der Waals surface area (Å²) in [4.78, 5) is 14.3. The van der Waals surface area contributed by atoms with Gasteiger partial charge in [0.05, 0.1) is 32.1 Å². The van der Waals surface area contributed by atoms with Gasteiger partial charge in [-0.05, 0) is 13.3 Å². The zero-order valence-corrected chi connectivity index (χ0v) is 12.8. The molecule has 0 amide bonds. The van der Waals surface area contributed by atoms with Crippen molar-refractivity contribution < 1.29 is 14.3 Å². The van der Waals surface area contributed by atoms with Gasteiger partial charge in [0.1, 0.15) is 11.4 Å². The lowest BCUT2D eigenvalue weighted by molar-refractivity contribution is 0.0360. The first-order chi connectivity index (χ1) is 10.2. The van der Waals surface area contributed by atoms with E-state index in [-0.39, 0.29) is 5.97 Å². The van der Waals surface area contributed by atoms with Crippen LogP contribution in [0.15, 0.2) is 0 Å². The Hall–Kier alpha value is -1.60. The second-order valence-corrected chi connectivity index (χ2v) is 4.96. The van der Waals surface area contributed by atoms with Crippen LogP contribution in [0.1, 0.15) is 29.9 Å². The van der Waals surface area contributed by atoms with E-state index in [4.69, 9.17) is 15.2 Å². The Morgan fingerprint density at radius 2 is 2.05 bits per heavy atom. The number of rotatable bonds is 6. The Morgan fingerprint density at radius 1 is 1.33 bits per heavy atom. The summed E-state index contributed by atoms with van der Waals surface area (Å²) in [6, 6.07) is 0. The Kier molecular flexibility index (Phi) is 5.58. The number of carbonyl (C=O) groups excluding carboxylic acids is 1. The molecule has 1 aromatic rings. The van der Waals surface area contributed by atoms with Gasteiger partial charge >= 0.3 is 5.97 Å². The summed E-state index contributed by atoms with van der Waals surface area (Å²) in [5.41, 5.74) is 7.20. The number of hydrogen-bond donors (Lipinski definition) is 1. The summed E-state index contributed by atoms with van der Waals surface area (Å²) in [5, 5.41) is 4.45. The van der Waals surface area contributed by atoms with Crippen LogP contribution < -0.4 is 5.73 Å². The van der Waals surface area contributed by atoms with Crippen molar-refractivity contribution in [2.45, 2.75) is 26.8 Å². The summed E-state index contributed by atoms with van der Waals surface area (Å²) in [5.74, 6) is 0.0167. The summed E-state index contributed by atoms with van der Waals surface area (Å²) < 4.78 is 12.1. The maximum atomic E-state index is 12.0. The van der Waals surface area contributed by atoms with Crippen molar-refractivity contribution in [1.29, 1.82) is 0 Å². The van der Waals surface area contributed by atoms with Gasteiger partial charge in [0.2, 0.25) is 0 Å². The Balaban J connectivity index is 2.07. The van der Waals surface area contributed by atoms with Crippen molar-refractivity contribution in [3.8, 4) is 0 Å². The maximum Gasteiger partial charge on any atom is 0.343 e. The van der Waals surface area contributed by atoms with Gasteiger partial charge in [0.25, 0.3) is 0 Å². The van der Waals surface area contributed by atoms with Crippen molar-refractivity contribution in [1.82, 2.24) is 14.7 Å². The highest BCUT2D eigenvalue weighted by atomic mass is 16.5. The zero-order chi connectivity index (χ0) is 15.2. The lowest BCUT2D eigenvalue weighted by atomic mass is 10.2. The predicted octanol–water partition coefficient (Wildman–Crippen LogP) is 0.537. The Bertz CT molecular complexity index is 481. The SMILES string of the molecule is CCOC(=O)c1c(CC)nn(CCN2CCOCC2)c1N. The van der Waals surface area contributed by atoms with Gasteiger partial charge in [-0.3, -0.25) is 4.90 Å². The zero-order valence-electron chi connectivity index (χ0n) is 12.8. The van der Waals surface area contributed by atoms with Gasteiger partial charge in [-0.2, -0.15) is 5.10 Å². The summed E-state index contributed by atoms with van der Waals surface area (Å²) in [7, 11) is 0. The van der Waals surface area contributed by atoms with Crippen LogP contribution in [0.4, 0.5) is 5.82 Å². The highest BCUT2D eigenvalue weighted by Gasteiger charge is 2.22. The summed E-state index contributed by atoms with van der Waals surface area (Å²) in [6.45, 7) is 8.96. The molecule has 0 aliphatic carbocycles. The second-order valence-electron chi connectivity index (χ2n) is 4.96. The number of esters is 1. The standard InChI is InChI=1S/C14H24N4O3/c1-3-11-12(14(19)21-4-2)13(15)18(16-11)6-5-17-7-9-20-10-8-17/h3-10,15H2,1-2H3. The van der Waals surface area contributed by atoms with Gasteiger partial charge in [-0.15, -0.1) is 0 Å². The molecule has 7 heteroatoms. The third-order valence-electron chi connectivity index (χ3n) is 3.61. The molecule has 2 heterocycles. The summed E-state index contributed by atoms with van der Waals surface area (Å²) >= 11 is 0. The third-order valence-corrected chi connectivity index (χ3v) is 3.61. The average Bonchev–Trinajstić information content (AvgIpc) is 2.82. The van der Waals surface area contributed by atoms with Gasteiger partial charge in [-0.1, -0.05) is 6.92 Å². The fourth-order valence-electron chi connectivity index (χ4n) is 2.43. The molecule has 0 bridgehead atoms. The largest absolute Gasteiger partial charge is 0.462 e. The third kappa shape index (κ3) is 3.74. The number of aromatic nitrogens is 2. The van der Waals surface area contributed by atoms with E-state index in [1.165, 1.54) is 0 Å². The molecule has 0 radical (unpaired) electrons. The van der Waals surface area contributed by atoms with Crippen LogP contribution in [0.3, 0.4) is 0 Å². The number of nitrogens with two attached hydrogens (primary N) is 1. The van der Waals surface area contributed by atoms with Crippen LogP contribution in [-0.2, 0) is 22.4 Å². The van der Waals surface area contributed by atoms with Crippen LogP contribution >= 0.6 is 0 Å². The lowest BCUT2D eigenvalue weighted by Gasteiger charge is -2.26. The molecular formula is C14H24N4O3. The molecule has 1 aliphatic heterocycles. The molecular weight excluding hydrogens is 272 g/mol. The molecule has 0 unspecified atom stereocenters. The monoisotopic (exact) mass is 296 g/mol. The van der Waals surface area contributed by atoms with Gasteiger partial charge in [0, 0.05) is 19.6 Å². The molecule has 7 nitrogen and oxygen atoms in total. The van der Waals surface area contributed by atoms with E-state index in [1.54, 1.807) is 11.6 Å². The number of nitrogen functional groups attached to an aromatic ring is 1. The topological polar surface area (TPSA) is 82.6 Å². The first-order valence-electron chi connectivity index (χ1n) is 7.49. The van der Waals surface area contributed by atoms with Crippen LogP contribution in [0.25, 0.3) is 0 Å². The van der Waals surface area contributed by atoms with Crippen molar-refractivity contribution in [3.63, 3.8) is 0 Å². The van der Waals surface area contributed by atoms with E-state index in [2.05, 4.69) is 10.00 Å². The number of hydrogen-bond acceptors (Lipinski definition) is 6. The second kappa shape index (κ2) is 7.42. The van der Waals surface area contributed by atoms with Gasteiger partial charge < -0.3 is 15.2 Å². The normalized spacial score (nSPS) is 16.1. The van der Waals surface area contributed by atoms with E-state index in [0.29, 0.717) is 36.6 Å². The fraction of sp³-hybridized carbons (Fsp3) is 0.714. The number of anilines is 1. The quantitative estimate of drug-likeness (QED) is 0.771. The van der Waals surface area contributed by atoms with Crippen LogP contribution in [0.2, 0.25) is 0 Å². The maximum absolute atomic E-state index is 12.0. The van der Waals surface area contributed by atoms with Crippen LogP contribution in [-0.4, -0.2) is 60.1 Å². The number of aryl methyl sites for hydroxylation is 1. The molecule has 1 fully saturated rings. The van der Waals surface area contributed by atoms with Gasteiger partial charge in [0.15, 0.2) is 0 Å². The average molecular weight is 296 g/mol. The van der Waals surface area contributed by atoms with E-state index < -0.39 is 0 Å². The van der Waals surface area contributed by atoms with Gasteiger partial charge in [-0.25, -0.2) is 9.48 Å². The number of nitrogens with zero attached hydrogens (tertiary/aromatic N) is 3. The highest BCUT2D eigenvalue weighted by molar-refractivity contribution is 5.95. The molecule has 1 saturated heterocycles. The first-order valence-corrected chi connectivity index (χ1v) is 7.49. The molecule has 2 rings (SSSR count). The number of morpholine rings is 1. The van der Waals surface area contributed by atoms with E-state index >= 15 is 0 Å². The van der Waals surface area contributed by atoms with E-state index in [9.17, 15) is 4.79 Å². The minimum atomic E-state index is -0.385. The first kappa shape index (κ1) is 15.8. The highest BCUT2D eigenvalue weighted by Crippen LogP contribution is 2.19. The predicted molar refractivity (Wildman–Crippen MR) is 79.2 cm³/mol. The minimum Gasteiger partial charge on any atom is -0.462 e. The molecule has 2 N–H and O–H groups in total. The summed E-state index contributed by atoms with van der Waals surface area (Å²) in [6.07, 6.45) is 0.656. The minimum absolute atomic E-state index is 0.334. The van der Waals surface area contributed by atoms with Crippen LogP contribution in [0, 0.1) is 0 Å². The van der Waals surface area contributed by atoms with Crippen molar-refractivity contribution in [2.24, 2.45) is 0 Å². The molecule has 21 heavy (non-hydrogen) atoms. The molecule has 1 aliphatic rings. The number of carbonyl (C=O) groups is 1. The molecule has 0 aromatic carbocycles. The van der Waals surface area contributed by atoms with Crippen molar-refractivity contribution in [2.75, 3.05) is 45.2 Å². The Morgan fingerprint density at radius 3 is 2.67 bits per heavy atom. The fourth-order valence-corrected chi connectivity index (χ4v) is 2.43. The van der Waals surface area contributed by atoms with E-state index in [0.717, 1.165) is 32.8 Å². The number of ether oxygens (including phenoxy) is 2. The smallest absolute Gasteiger partial charge is 0.343 e. The lowest BCUT2D eigenvalue weighted by Crippen LogP contribution is -2.38.